The van der Waals surface area contributed by atoms with Gasteiger partial charge in [-0.3, -0.25) is 14.9 Å². The van der Waals surface area contributed by atoms with E-state index < -0.39 is 22.9 Å². The third kappa shape index (κ3) is 4.90. The first kappa shape index (κ1) is 20.3. The smallest absolute Gasteiger partial charge is 0.339 e. The van der Waals surface area contributed by atoms with Crippen LogP contribution in [0.1, 0.15) is 41.3 Å². The molecule has 2 aromatic rings. The molecule has 3 rings (SSSR count). The van der Waals surface area contributed by atoms with E-state index in [2.05, 4.69) is 10.6 Å². The molecule has 152 valence electrons. The number of anilines is 2. The number of hydrogen-bond donors (Lipinski definition) is 2. The summed E-state index contributed by atoms with van der Waals surface area (Å²) in [6.07, 6.45) is 0.867. The van der Waals surface area contributed by atoms with Crippen LogP contribution in [0.15, 0.2) is 36.4 Å². The van der Waals surface area contributed by atoms with Crippen LogP contribution in [0, 0.1) is 24.0 Å². The number of nitro benzene ring substituents is 1. The summed E-state index contributed by atoms with van der Waals surface area (Å²) in [6, 6.07) is 9.98. The van der Waals surface area contributed by atoms with Crippen LogP contribution in [0.5, 0.6) is 0 Å². The van der Waals surface area contributed by atoms with E-state index in [1.54, 1.807) is 0 Å². The lowest BCUT2D eigenvalue weighted by molar-refractivity contribution is -0.384. The lowest BCUT2D eigenvalue weighted by atomic mass is 10.1. The minimum Gasteiger partial charge on any atom is -0.449 e. The lowest BCUT2D eigenvalue weighted by Gasteiger charge is -2.16. The van der Waals surface area contributed by atoms with Crippen LogP contribution in [-0.4, -0.2) is 28.9 Å². The van der Waals surface area contributed by atoms with Crippen molar-refractivity contribution in [3.05, 3.63) is 63.2 Å². The van der Waals surface area contributed by atoms with Crippen LogP contribution >= 0.6 is 0 Å². The van der Waals surface area contributed by atoms with Crippen molar-refractivity contribution in [2.75, 3.05) is 10.6 Å². The summed E-state index contributed by atoms with van der Waals surface area (Å²) in [5.74, 6) is -1.27. The Morgan fingerprint density at radius 2 is 1.83 bits per heavy atom. The molecule has 29 heavy (non-hydrogen) atoms. The Bertz CT molecular complexity index is 949. The number of carbonyl (C=O) groups excluding carboxylic acids is 2. The minimum absolute atomic E-state index is 0.0183. The number of aryl methyl sites for hydroxylation is 2. The van der Waals surface area contributed by atoms with Crippen molar-refractivity contribution in [1.82, 2.24) is 0 Å². The Morgan fingerprint density at radius 1 is 1.17 bits per heavy atom. The molecular formula is C21H23N3O5. The van der Waals surface area contributed by atoms with Gasteiger partial charge in [-0.1, -0.05) is 18.2 Å². The Balaban J connectivity index is 1.69. The summed E-state index contributed by atoms with van der Waals surface area (Å²) in [5.41, 5.74) is 2.66. The van der Waals surface area contributed by atoms with Gasteiger partial charge >= 0.3 is 5.97 Å². The number of carbonyl (C=O) groups is 2. The zero-order chi connectivity index (χ0) is 21.1. The highest BCUT2D eigenvalue weighted by Gasteiger charge is 2.27. The number of nitro groups is 1. The fraction of sp³-hybridized carbons (Fsp3) is 0.333. The topological polar surface area (TPSA) is 111 Å². The molecule has 1 atom stereocenters. The number of esters is 1. The highest BCUT2D eigenvalue weighted by atomic mass is 16.6. The second kappa shape index (κ2) is 8.30. The maximum atomic E-state index is 12.4. The molecule has 8 nitrogen and oxygen atoms in total. The van der Waals surface area contributed by atoms with Gasteiger partial charge in [-0.05, 0) is 56.9 Å². The Morgan fingerprint density at radius 3 is 2.41 bits per heavy atom. The molecule has 0 aromatic heterocycles. The second-order valence-electron chi connectivity index (χ2n) is 7.21. The summed E-state index contributed by atoms with van der Waals surface area (Å²) in [5, 5.41) is 17.2. The van der Waals surface area contributed by atoms with Gasteiger partial charge < -0.3 is 15.4 Å². The van der Waals surface area contributed by atoms with Gasteiger partial charge in [0.25, 0.3) is 11.6 Å². The Labute approximate surface area is 168 Å². The molecule has 0 heterocycles. The van der Waals surface area contributed by atoms with E-state index in [0.29, 0.717) is 11.4 Å². The molecule has 0 spiro atoms. The van der Waals surface area contributed by atoms with Crippen molar-refractivity contribution in [2.45, 2.75) is 45.8 Å². The second-order valence-corrected chi connectivity index (χ2v) is 7.21. The first-order valence-corrected chi connectivity index (χ1v) is 9.39. The van der Waals surface area contributed by atoms with Crippen LogP contribution < -0.4 is 10.6 Å². The molecule has 8 heteroatoms. The average Bonchev–Trinajstić information content (AvgIpc) is 3.48. The van der Waals surface area contributed by atoms with E-state index in [4.69, 9.17) is 4.74 Å². The van der Waals surface area contributed by atoms with Crippen LogP contribution in [-0.2, 0) is 9.53 Å². The Kier molecular flexibility index (Phi) is 5.81. The number of ether oxygens (including phenoxy) is 1. The van der Waals surface area contributed by atoms with Crippen molar-refractivity contribution in [2.24, 2.45) is 0 Å². The summed E-state index contributed by atoms with van der Waals surface area (Å²) < 4.78 is 5.22. The average molecular weight is 397 g/mol. The molecule has 1 aliphatic carbocycles. The monoisotopic (exact) mass is 397 g/mol. The molecule has 0 unspecified atom stereocenters. The van der Waals surface area contributed by atoms with Gasteiger partial charge in [-0.15, -0.1) is 0 Å². The molecule has 1 aliphatic rings. The summed E-state index contributed by atoms with van der Waals surface area (Å²) in [6.45, 7) is 5.20. The quantitative estimate of drug-likeness (QED) is 0.415. The van der Waals surface area contributed by atoms with Crippen LogP contribution in [0.3, 0.4) is 0 Å². The largest absolute Gasteiger partial charge is 0.449 e. The van der Waals surface area contributed by atoms with E-state index >= 15 is 0 Å². The lowest BCUT2D eigenvalue weighted by Crippen LogP contribution is -2.30. The van der Waals surface area contributed by atoms with Crippen LogP contribution in [0.2, 0.25) is 0 Å². The van der Waals surface area contributed by atoms with Crippen molar-refractivity contribution in [3.63, 3.8) is 0 Å². The molecule has 1 amide bonds. The van der Waals surface area contributed by atoms with Crippen molar-refractivity contribution in [1.29, 1.82) is 0 Å². The van der Waals surface area contributed by atoms with Crippen molar-refractivity contribution < 1.29 is 19.2 Å². The van der Waals surface area contributed by atoms with E-state index in [9.17, 15) is 19.7 Å². The fourth-order valence-electron chi connectivity index (χ4n) is 2.90. The summed E-state index contributed by atoms with van der Waals surface area (Å²) in [4.78, 5) is 35.7. The highest BCUT2D eigenvalue weighted by Crippen LogP contribution is 2.31. The maximum absolute atomic E-state index is 12.4. The summed E-state index contributed by atoms with van der Waals surface area (Å²) in [7, 11) is 0. The van der Waals surface area contributed by atoms with E-state index in [-0.39, 0.29) is 17.3 Å². The van der Waals surface area contributed by atoms with E-state index in [1.165, 1.54) is 25.1 Å². The number of benzene rings is 2. The van der Waals surface area contributed by atoms with Gasteiger partial charge in [-0.2, -0.15) is 0 Å². The Hall–Kier alpha value is -3.42. The highest BCUT2D eigenvalue weighted by molar-refractivity contribution is 5.98. The third-order valence-electron chi connectivity index (χ3n) is 4.75. The minimum atomic E-state index is -1.06. The van der Waals surface area contributed by atoms with E-state index in [0.717, 1.165) is 24.0 Å². The van der Waals surface area contributed by atoms with Gasteiger partial charge in [-0.25, -0.2) is 4.79 Å². The molecule has 0 aliphatic heterocycles. The molecule has 1 fully saturated rings. The number of para-hydroxylation sites is 1. The van der Waals surface area contributed by atoms with Gasteiger partial charge in [0.05, 0.1) is 10.5 Å². The number of nitrogens with one attached hydrogen (secondary N) is 2. The van der Waals surface area contributed by atoms with E-state index in [1.807, 2.05) is 32.0 Å². The molecule has 1 saturated carbocycles. The van der Waals surface area contributed by atoms with Crippen molar-refractivity contribution in [3.8, 4) is 0 Å². The number of nitrogens with zero attached hydrogens (tertiary/aromatic N) is 1. The normalized spacial score (nSPS) is 14.0. The first-order chi connectivity index (χ1) is 13.8. The number of rotatable bonds is 7. The zero-order valence-corrected chi connectivity index (χ0v) is 16.5. The maximum Gasteiger partial charge on any atom is 0.339 e. The molecule has 2 aromatic carbocycles. The first-order valence-electron chi connectivity index (χ1n) is 9.39. The fourth-order valence-corrected chi connectivity index (χ4v) is 2.90. The standard InChI is InChI=1S/C21H23N3O5/c1-12-5-4-6-13(2)19(12)23-20(25)14(3)29-21(26)15-7-10-17(22-16-8-9-16)18(11-15)24(27)28/h4-7,10-11,14,16,22H,8-9H2,1-3H3,(H,23,25)/t14-/m0/s1. The van der Waals surface area contributed by atoms with Gasteiger partial charge in [0.2, 0.25) is 0 Å². The molecule has 0 radical (unpaired) electrons. The molecule has 0 saturated heterocycles. The van der Waals surface area contributed by atoms with Crippen molar-refractivity contribution >= 4 is 28.9 Å². The van der Waals surface area contributed by atoms with Gasteiger partial charge in [0, 0.05) is 17.8 Å². The zero-order valence-electron chi connectivity index (χ0n) is 16.5. The predicted molar refractivity (Wildman–Crippen MR) is 109 cm³/mol. The molecular weight excluding hydrogens is 374 g/mol. The third-order valence-corrected chi connectivity index (χ3v) is 4.75. The molecule has 0 bridgehead atoms. The molecule has 2 N–H and O–H groups in total. The number of hydrogen-bond acceptors (Lipinski definition) is 6. The van der Waals surface area contributed by atoms with Gasteiger partial charge in [0.1, 0.15) is 5.69 Å². The van der Waals surface area contributed by atoms with Gasteiger partial charge in [0.15, 0.2) is 6.10 Å². The number of amides is 1. The van der Waals surface area contributed by atoms with Crippen LogP contribution in [0.25, 0.3) is 0 Å². The summed E-state index contributed by atoms with van der Waals surface area (Å²) >= 11 is 0. The predicted octanol–water partition coefficient (Wildman–Crippen LogP) is 3.97. The SMILES string of the molecule is Cc1cccc(C)c1NC(=O)[C@H](C)OC(=O)c1ccc(NC2CC2)c([N+](=O)[O-])c1. The van der Waals surface area contributed by atoms with Crippen LogP contribution in [0.4, 0.5) is 17.1 Å².